The Hall–Kier alpha value is -2.53. The maximum atomic E-state index is 10.9. The second-order valence-electron chi connectivity index (χ2n) is 7.97. The number of rotatable bonds is 7. The molecule has 1 atom stereocenters. The van der Waals surface area contributed by atoms with Crippen LogP contribution in [0.2, 0.25) is 0 Å². The lowest BCUT2D eigenvalue weighted by Crippen LogP contribution is -2.17. The molecule has 2 aromatic carbocycles. The number of ether oxygens (including phenoxy) is 3. The molecule has 1 unspecified atom stereocenters. The van der Waals surface area contributed by atoms with Crippen LogP contribution in [-0.4, -0.2) is 36.4 Å². The monoisotopic (exact) mass is 383 g/mol. The molecule has 1 N–H and O–H groups in total. The first-order valence-corrected chi connectivity index (χ1v) is 9.62. The van der Waals surface area contributed by atoms with Crippen molar-refractivity contribution < 1.29 is 19.3 Å². The molecule has 0 saturated carbocycles. The Morgan fingerprint density at radius 3 is 2.54 bits per heavy atom. The van der Waals surface area contributed by atoms with Gasteiger partial charge in [-0.05, 0) is 57.0 Å². The maximum Gasteiger partial charge on any atom is 0.217 e. The molecule has 5 heteroatoms. The predicted molar refractivity (Wildman–Crippen MR) is 110 cm³/mol. The molecule has 0 fully saturated rings. The van der Waals surface area contributed by atoms with Crippen molar-refractivity contribution in [3.05, 3.63) is 59.2 Å². The van der Waals surface area contributed by atoms with E-state index in [0.29, 0.717) is 30.4 Å². The second-order valence-corrected chi connectivity index (χ2v) is 7.97. The zero-order valence-electron chi connectivity index (χ0n) is 17.2. The van der Waals surface area contributed by atoms with Gasteiger partial charge in [-0.3, -0.25) is 0 Å². The van der Waals surface area contributed by atoms with Gasteiger partial charge in [0.05, 0.1) is 24.9 Å². The lowest BCUT2D eigenvalue weighted by molar-refractivity contribution is 0.176. The highest BCUT2D eigenvalue weighted by Crippen LogP contribution is 2.33. The predicted octanol–water partition coefficient (Wildman–Crippen LogP) is 4.31. The van der Waals surface area contributed by atoms with Crippen LogP contribution in [0.25, 0.3) is 0 Å². The number of hydrogen-bond acceptors (Lipinski definition) is 5. The summed E-state index contributed by atoms with van der Waals surface area (Å²) >= 11 is 0. The fourth-order valence-corrected chi connectivity index (χ4v) is 3.20. The van der Waals surface area contributed by atoms with Crippen molar-refractivity contribution in [2.75, 3.05) is 13.7 Å². The highest BCUT2D eigenvalue weighted by molar-refractivity contribution is 5.96. The fourth-order valence-electron chi connectivity index (χ4n) is 3.20. The van der Waals surface area contributed by atoms with E-state index in [9.17, 15) is 5.11 Å². The molecular weight excluding hydrogens is 354 g/mol. The van der Waals surface area contributed by atoms with Crippen LogP contribution in [0.15, 0.2) is 47.5 Å². The van der Waals surface area contributed by atoms with Gasteiger partial charge < -0.3 is 19.3 Å². The number of aliphatic imine (C=N–C) groups is 1. The Morgan fingerprint density at radius 2 is 1.89 bits per heavy atom. The molecule has 0 bridgehead atoms. The number of aliphatic hydroxyl groups excluding tert-OH is 1. The molecule has 0 amide bonds. The van der Waals surface area contributed by atoms with Crippen molar-refractivity contribution in [3.63, 3.8) is 0 Å². The van der Waals surface area contributed by atoms with Crippen LogP contribution in [-0.2, 0) is 11.2 Å². The van der Waals surface area contributed by atoms with E-state index in [0.717, 1.165) is 16.7 Å². The molecule has 150 valence electrons. The quantitative estimate of drug-likeness (QED) is 0.774. The smallest absolute Gasteiger partial charge is 0.217 e. The Morgan fingerprint density at radius 1 is 1.14 bits per heavy atom. The van der Waals surface area contributed by atoms with Gasteiger partial charge >= 0.3 is 0 Å². The standard InChI is InChI=1S/C23H29NO4/c1-15(2)28-21-13-17(10-11-20(21)26-5)19(25)12-16-8-6-7-9-18(16)22-24-23(3,4)14-27-22/h6-11,13,15,19,25H,12,14H2,1-5H3. The summed E-state index contributed by atoms with van der Waals surface area (Å²) in [7, 11) is 1.61. The van der Waals surface area contributed by atoms with Gasteiger partial charge in [-0.2, -0.15) is 0 Å². The summed E-state index contributed by atoms with van der Waals surface area (Å²) in [6.07, 6.45) is -0.216. The van der Waals surface area contributed by atoms with Crippen molar-refractivity contribution in [2.24, 2.45) is 4.99 Å². The van der Waals surface area contributed by atoms with E-state index < -0.39 is 6.10 Å². The number of benzene rings is 2. The summed E-state index contributed by atoms with van der Waals surface area (Å²) in [6, 6.07) is 13.5. The zero-order chi connectivity index (χ0) is 20.3. The molecule has 1 aliphatic heterocycles. The van der Waals surface area contributed by atoms with E-state index in [1.54, 1.807) is 7.11 Å². The van der Waals surface area contributed by atoms with Crippen LogP contribution in [0.3, 0.4) is 0 Å². The van der Waals surface area contributed by atoms with E-state index in [1.165, 1.54) is 0 Å². The van der Waals surface area contributed by atoms with Gasteiger partial charge in [0.15, 0.2) is 11.5 Å². The number of hydrogen-bond donors (Lipinski definition) is 1. The Bertz CT molecular complexity index is 857. The third-order valence-corrected chi connectivity index (χ3v) is 4.56. The molecular formula is C23H29NO4. The summed E-state index contributed by atoms with van der Waals surface area (Å²) in [5.41, 5.74) is 2.48. The van der Waals surface area contributed by atoms with Gasteiger partial charge in [0.25, 0.3) is 0 Å². The molecule has 3 rings (SSSR count). The third kappa shape index (κ3) is 4.65. The summed E-state index contributed by atoms with van der Waals surface area (Å²) in [5, 5.41) is 10.9. The largest absolute Gasteiger partial charge is 0.493 e. The molecule has 0 aliphatic carbocycles. The van der Waals surface area contributed by atoms with E-state index in [-0.39, 0.29) is 11.6 Å². The summed E-state index contributed by atoms with van der Waals surface area (Å²) in [4.78, 5) is 4.68. The van der Waals surface area contributed by atoms with Crippen LogP contribution in [0.5, 0.6) is 11.5 Å². The van der Waals surface area contributed by atoms with Gasteiger partial charge in [-0.25, -0.2) is 4.99 Å². The van der Waals surface area contributed by atoms with Crippen molar-refractivity contribution in [1.29, 1.82) is 0 Å². The lowest BCUT2D eigenvalue weighted by atomic mass is 9.97. The highest BCUT2D eigenvalue weighted by Gasteiger charge is 2.28. The van der Waals surface area contributed by atoms with E-state index in [1.807, 2.05) is 70.2 Å². The number of methoxy groups -OCH3 is 1. The van der Waals surface area contributed by atoms with E-state index >= 15 is 0 Å². The van der Waals surface area contributed by atoms with Gasteiger partial charge in [-0.1, -0.05) is 24.3 Å². The molecule has 2 aromatic rings. The molecule has 1 heterocycles. The minimum atomic E-state index is -0.684. The van der Waals surface area contributed by atoms with Crippen molar-refractivity contribution in [1.82, 2.24) is 0 Å². The molecule has 28 heavy (non-hydrogen) atoms. The van der Waals surface area contributed by atoms with E-state index in [2.05, 4.69) is 4.99 Å². The fraction of sp³-hybridized carbons (Fsp3) is 0.435. The number of aliphatic hydroxyl groups is 1. The van der Waals surface area contributed by atoms with Crippen LogP contribution >= 0.6 is 0 Å². The zero-order valence-corrected chi connectivity index (χ0v) is 17.2. The minimum absolute atomic E-state index is 0.0166. The Labute approximate surface area is 167 Å². The maximum absolute atomic E-state index is 10.9. The Kier molecular flexibility index (Phi) is 5.94. The van der Waals surface area contributed by atoms with Crippen LogP contribution < -0.4 is 9.47 Å². The van der Waals surface area contributed by atoms with Crippen LogP contribution in [0.1, 0.15) is 50.5 Å². The van der Waals surface area contributed by atoms with E-state index in [4.69, 9.17) is 14.2 Å². The van der Waals surface area contributed by atoms with Crippen molar-refractivity contribution in [3.8, 4) is 11.5 Å². The first-order valence-electron chi connectivity index (χ1n) is 9.62. The average Bonchev–Trinajstić information content (AvgIpc) is 3.01. The van der Waals surface area contributed by atoms with Crippen molar-refractivity contribution in [2.45, 2.75) is 51.9 Å². The SMILES string of the molecule is COc1ccc(C(O)Cc2ccccc2C2=NC(C)(C)CO2)cc1OC(C)C. The molecule has 0 spiro atoms. The minimum Gasteiger partial charge on any atom is -0.493 e. The molecule has 0 aromatic heterocycles. The second kappa shape index (κ2) is 8.23. The summed E-state index contributed by atoms with van der Waals surface area (Å²) < 4.78 is 17.0. The third-order valence-electron chi connectivity index (χ3n) is 4.56. The molecule has 5 nitrogen and oxygen atoms in total. The normalized spacial score (nSPS) is 16.5. The first kappa shape index (κ1) is 20.2. The van der Waals surface area contributed by atoms with Gasteiger partial charge in [-0.15, -0.1) is 0 Å². The average molecular weight is 383 g/mol. The van der Waals surface area contributed by atoms with Crippen molar-refractivity contribution >= 4 is 5.90 Å². The summed E-state index contributed by atoms with van der Waals surface area (Å²) in [5.74, 6) is 1.93. The molecule has 0 radical (unpaired) electrons. The first-order chi connectivity index (χ1) is 13.3. The van der Waals surface area contributed by atoms with Gasteiger partial charge in [0.2, 0.25) is 5.90 Å². The van der Waals surface area contributed by atoms with Gasteiger partial charge in [0, 0.05) is 12.0 Å². The lowest BCUT2D eigenvalue weighted by Gasteiger charge is -2.18. The summed E-state index contributed by atoms with van der Waals surface area (Å²) in [6.45, 7) is 8.58. The Balaban J connectivity index is 1.85. The topological polar surface area (TPSA) is 60.3 Å². The van der Waals surface area contributed by atoms with Crippen LogP contribution in [0.4, 0.5) is 0 Å². The number of nitrogens with zero attached hydrogens (tertiary/aromatic N) is 1. The highest BCUT2D eigenvalue weighted by atomic mass is 16.5. The van der Waals surface area contributed by atoms with Gasteiger partial charge in [0.1, 0.15) is 6.61 Å². The van der Waals surface area contributed by atoms with Crippen LogP contribution in [0, 0.1) is 0 Å². The molecule has 1 aliphatic rings. The molecule has 0 saturated heterocycles.